The summed E-state index contributed by atoms with van der Waals surface area (Å²) in [4.78, 5) is 19.2. The second kappa shape index (κ2) is 7.96. The Bertz CT molecular complexity index is 899. The van der Waals surface area contributed by atoms with E-state index in [1.54, 1.807) is 18.4 Å². The summed E-state index contributed by atoms with van der Waals surface area (Å²) in [5.74, 6) is 1.24. The van der Waals surface area contributed by atoms with E-state index in [-0.39, 0.29) is 6.03 Å². The predicted octanol–water partition coefficient (Wildman–Crippen LogP) is 4.39. The molecule has 0 aliphatic carbocycles. The lowest BCUT2D eigenvalue weighted by Crippen LogP contribution is -2.43. The molecule has 1 N–H and O–H groups in total. The fourth-order valence-corrected chi connectivity index (χ4v) is 4.66. The van der Waals surface area contributed by atoms with Crippen LogP contribution in [-0.2, 0) is 6.54 Å². The molecule has 1 fully saturated rings. The second-order valence-corrected chi connectivity index (χ2v) is 7.81. The van der Waals surface area contributed by atoms with Crippen molar-refractivity contribution in [1.29, 1.82) is 0 Å². The van der Waals surface area contributed by atoms with Crippen molar-refractivity contribution < 1.29 is 9.53 Å². The van der Waals surface area contributed by atoms with Gasteiger partial charge < -0.3 is 15.0 Å². The zero-order valence-corrected chi connectivity index (χ0v) is 16.2. The number of piperidine rings is 1. The normalized spacial score (nSPS) is 15.1. The molecule has 0 saturated carbocycles. The smallest absolute Gasteiger partial charge is 0.317 e. The number of ether oxygens (including phenoxy) is 1. The largest absolute Gasteiger partial charge is 0.496 e. The van der Waals surface area contributed by atoms with Crippen molar-refractivity contribution in [2.45, 2.75) is 25.3 Å². The van der Waals surface area contributed by atoms with Crippen LogP contribution < -0.4 is 10.1 Å². The first-order valence-electron chi connectivity index (χ1n) is 9.24. The zero-order chi connectivity index (χ0) is 18.6. The van der Waals surface area contributed by atoms with Crippen LogP contribution in [0.4, 0.5) is 4.79 Å². The van der Waals surface area contributed by atoms with Gasteiger partial charge >= 0.3 is 6.03 Å². The van der Waals surface area contributed by atoms with Gasteiger partial charge in [0.2, 0.25) is 0 Å². The Morgan fingerprint density at radius 2 is 1.93 bits per heavy atom. The van der Waals surface area contributed by atoms with Crippen molar-refractivity contribution in [2.24, 2.45) is 0 Å². The summed E-state index contributed by atoms with van der Waals surface area (Å²) in [5.41, 5.74) is 2.06. The Kier molecular flexibility index (Phi) is 5.25. The molecule has 1 aromatic heterocycles. The SMILES string of the molecule is COc1ccccc1CNC(=O)N1CCC(c2nc3ccccc3s2)CC1. The molecule has 1 aliphatic heterocycles. The summed E-state index contributed by atoms with van der Waals surface area (Å²) >= 11 is 1.78. The lowest BCUT2D eigenvalue weighted by Gasteiger charge is -2.31. The number of hydrogen-bond acceptors (Lipinski definition) is 4. The van der Waals surface area contributed by atoms with E-state index >= 15 is 0 Å². The number of thiazole rings is 1. The Labute approximate surface area is 163 Å². The standard InChI is InChI=1S/C21H23N3O2S/c1-26-18-8-4-2-6-16(18)14-22-21(25)24-12-10-15(11-13-24)20-23-17-7-3-5-9-19(17)27-20/h2-9,15H,10-14H2,1H3,(H,22,25). The van der Waals surface area contributed by atoms with Gasteiger partial charge in [0.05, 0.1) is 22.3 Å². The number of para-hydroxylation sites is 2. The first-order valence-corrected chi connectivity index (χ1v) is 10.1. The topological polar surface area (TPSA) is 54.5 Å². The van der Waals surface area contributed by atoms with Gasteiger partial charge in [-0.1, -0.05) is 30.3 Å². The van der Waals surface area contributed by atoms with Crippen molar-refractivity contribution in [2.75, 3.05) is 20.2 Å². The summed E-state index contributed by atoms with van der Waals surface area (Å²) in [6.45, 7) is 2.00. The number of amides is 2. The number of benzene rings is 2. The number of nitrogens with one attached hydrogen (secondary N) is 1. The molecule has 0 bridgehead atoms. The third-order valence-corrected chi connectivity index (χ3v) is 6.26. The fraction of sp³-hybridized carbons (Fsp3) is 0.333. The van der Waals surface area contributed by atoms with Crippen LogP contribution in [0.1, 0.15) is 29.3 Å². The summed E-state index contributed by atoms with van der Waals surface area (Å²) < 4.78 is 6.58. The van der Waals surface area contributed by atoms with Crippen molar-refractivity contribution >= 4 is 27.6 Å². The van der Waals surface area contributed by atoms with Gasteiger partial charge in [0, 0.05) is 31.1 Å². The van der Waals surface area contributed by atoms with Crippen LogP contribution >= 0.6 is 11.3 Å². The Morgan fingerprint density at radius 1 is 1.19 bits per heavy atom. The Hall–Kier alpha value is -2.60. The van der Waals surface area contributed by atoms with Crippen LogP contribution in [0.3, 0.4) is 0 Å². The number of carbonyl (C=O) groups is 1. The first kappa shape index (κ1) is 17.8. The number of rotatable bonds is 4. The number of carbonyl (C=O) groups excluding carboxylic acids is 1. The number of urea groups is 1. The van der Waals surface area contributed by atoms with Crippen LogP contribution in [0.5, 0.6) is 5.75 Å². The molecule has 6 heteroatoms. The van der Waals surface area contributed by atoms with Gasteiger partial charge in [-0.05, 0) is 31.0 Å². The fourth-order valence-electron chi connectivity index (χ4n) is 3.53. The van der Waals surface area contributed by atoms with Crippen molar-refractivity contribution in [3.8, 4) is 5.75 Å². The van der Waals surface area contributed by atoms with Gasteiger partial charge in [0.15, 0.2) is 0 Å². The molecule has 4 rings (SSSR count). The molecule has 0 atom stereocenters. The molecule has 2 heterocycles. The van der Waals surface area contributed by atoms with Gasteiger partial charge in [-0.25, -0.2) is 9.78 Å². The maximum absolute atomic E-state index is 12.5. The molecule has 2 aromatic carbocycles. The third-order valence-electron chi connectivity index (χ3n) is 5.06. The molecular weight excluding hydrogens is 358 g/mol. The van der Waals surface area contributed by atoms with E-state index in [1.165, 1.54) is 9.71 Å². The summed E-state index contributed by atoms with van der Waals surface area (Å²) in [6, 6.07) is 16.0. The van der Waals surface area contributed by atoms with Gasteiger partial charge in [0.25, 0.3) is 0 Å². The van der Waals surface area contributed by atoms with E-state index in [2.05, 4.69) is 23.5 Å². The monoisotopic (exact) mass is 381 g/mol. The molecule has 0 radical (unpaired) electrons. The van der Waals surface area contributed by atoms with Gasteiger partial charge in [-0.15, -0.1) is 11.3 Å². The Morgan fingerprint density at radius 3 is 2.70 bits per heavy atom. The summed E-state index contributed by atoms with van der Waals surface area (Å²) in [5, 5.41) is 4.21. The highest BCUT2D eigenvalue weighted by molar-refractivity contribution is 7.18. The third kappa shape index (κ3) is 3.90. The van der Waals surface area contributed by atoms with Crippen molar-refractivity contribution in [1.82, 2.24) is 15.2 Å². The molecule has 5 nitrogen and oxygen atoms in total. The lowest BCUT2D eigenvalue weighted by molar-refractivity contribution is 0.181. The predicted molar refractivity (Wildman–Crippen MR) is 108 cm³/mol. The Balaban J connectivity index is 1.32. The quantitative estimate of drug-likeness (QED) is 0.729. The highest BCUT2D eigenvalue weighted by atomic mass is 32.1. The van der Waals surface area contributed by atoms with E-state index in [4.69, 9.17) is 9.72 Å². The molecule has 140 valence electrons. The molecular formula is C21H23N3O2S. The zero-order valence-electron chi connectivity index (χ0n) is 15.4. The van der Waals surface area contributed by atoms with E-state index in [1.807, 2.05) is 35.2 Å². The maximum atomic E-state index is 12.5. The van der Waals surface area contributed by atoms with Crippen LogP contribution in [-0.4, -0.2) is 36.1 Å². The second-order valence-electron chi connectivity index (χ2n) is 6.75. The molecule has 0 unspecified atom stereocenters. The average molecular weight is 382 g/mol. The number of aromatic nitrogens is 1. The molecule has 1 aliphatic rings. The molecule has 2 amide bonds. The summed E-state index contributed by atoms with van der Waals surface area (Å²) in [7, 11) is 1.65. The maximum Gasteiger partial charge on any atom is 0.317 e. The number of nitrogens with zero attached hydrogens (tertiary/aromatic N) is 2. The molecule has 1 saturated heterocycles. The minimum atomic E-state index is -0.0105. The lowest BCUT2D eigenvalue weighted by atomic mass is 9.98. The van der Waals surface area contributed by atoms with Crippen molar-refractivity contribution in [3.05, 3.63) is 59.1 Å². The van der Waals surface area contributed by atoms with E-state index in [0.29, 0.717) is 12.5 Å². The molecule has 27 heavy (non-hydrogen) atoms. The highest BCUT2D eigenvalue weighted by Gasteiger charge is 2.25. The van der Waals surface area contributed by atoms with Crippen LogP contribution in [0, 0.1) is 0 Å². The number of hydrogen-bond donors (Lipinski definition) is 1. The number of fused-ring (bicyclic) bond motifs is 1. The first-order chi connectivity index (χ1) is 13.2. The summed E-state index contributed by atoms with van der Waals surface area (Å²) in [6.07, 6.45) is 1.92. The number of methoxy groups -OCH3 is 1. The van der Waals surface area contributed by atoms with Crippen LogP contribution in [0.2, 0.25) is 0 Å². The molecule has 3 aromatic rings. The average Bonchev–Trinajstić information content (AvgIpc) is 3.16. The minimum absolute atomic E-state index is 0.0105. The van der Waals surface area contributed by atoms with Gasteiger partial charge in [-0.2, -0.15) is 0 Å². The van der Waals surface area contributed by atoms with E-state index < -0.39 is 0 Å². The van der Waals surface area contributed by atoms with Crippen LogP contribution in [0.25, 0.3) is 10.2 Å². The van der Waals surface area contributed by atoms with E-state index in [0.717, 1.165) is 42.8 Å². The molecule has 0 spiro atoms. The highest BCUT2D eigenvalue weighted by Crippen LogP contribution is 2.33. The minimum Gasteiger partial charge on any atom is -0.496 e. The van der Waals surface area contributed by atoms with Crippen LogP contribution in [0.15, 0.2) is 48.5 Å². The van der Waals surface area contributed by atoms with E-state index in [9.17, 15) is 4.79 Å². The van der Waals surface area contributed by atoms with Gasteiger partial charge in [0.1, 0.15) is 5.75 Å². The number of likely N-dealkylation sites (tertiary alicyclic amines) is 1. The van der Waals surface area contributed by atoms with Gasteiger partial charge in [-0.3, -0.25) is 0 Å². The van der Waals surface area contributed by atoms with Crippen molar-refractivity contribution in [3.63, 3.8) is 0 Å².